The minimum Gasteiger partial charge on any atom is -0.210 e. The van der Waals surface area contributed by atoms with Crippen LogP contribution in [0.4, 0.5) is 0 Å². The van der Waals surface area contributed by atoms with Crippen LogP contribution in [0.5, 0.6) is 0 Å². The molecule has 0 bridgehead atoms. The lowest BCUT2D eigenvalue weighted by Crippen LogP contribution is -2.30. The molecule has 0 radical (unpaired) electrons. The highest BCUT2D eigenvalue weighted by atomic mass is 79.9. The number of halogens is 3. The van der Waals surface area contributed by atoms with E-state index < -0.39 is 10.0 Å². The van der Waals surface area contributed by atoms with E-state index in [2.05, 4.69) is 20.7 Å². The molecule has 0 saturated heterocycles. The quantitative estimate of drug-likeness (QED) is 0.797. The lowest BCUT2D eigenvalue weighted by molar-refractivity contribution is 0.578. The molecule has 1 fully saturated rings. The molecule has 1 N–H and O–H groups in total. The molecular formula is C9H10BrCl2NO2S2. The Morgan fingerprint density at radius 1 is 1.53 bits per heavy atom. The molecule has 1 heterocycles. The lowest BCUT2D eigenvalue weighted by Gasteiger charge is -2.09. The van der Waals surface area contributed by atoms with E-state index in [9.17, 15) is 8.42 Å². The molecule has 0 aliphatic heterocycles. The van der Waals surface area contributed by atoms with Gasteiger partial charge in [0.15, 0.2) is 0 Å². The average molecular weight is 379 g/mol. The van der Waals surface area contributed by atoms with Crippen LogP contribution in [-0.4, -0.2) is 19.8 Å². The van der Waals surface area contributed by atoms with Crippen molar-refractivity contribution in [3.8, 4) is 0 Å². The fourth-order valence-corrected chi connectivity index (χ4v) is 5.51. The van der Waals surface area contributed by atoms with E-state index in [1.807, 2.05) is 0 Å². The summed E-state index contributed by atoms with van der Waals surface area (Å²) in [6.45, 7) is 0.372. The van der Waals surface area contributed by atoms with Crippen molar-refractivity contribution in [1.29, 1.82) is 0 Å². The molecule has 8 heteroatoms. The number of thiophene rings is 1. The van der Waals surface area contributed by atoms with Crippen molar-refractivity contribution >= 4 is 60.5 Å². The topological polar surface area (TPSA) is 46.2 Å². The van der Waals surface area contributed by atoms with Crippen molar-refractivity contribution in [3.05, 3.63) is 14.7 Å². The molecule has 1 aliphatic carbocycles. The number of rotatable bonds is 5. The Labute approximate surface area is 123 Å². The zero-order chi connectivity index (χ0) is 12.6. The van der Waals surface area contributed by atoms with Crippen molar-refractivity contribution in [1.82, 2.24) is 4.72 Å². The summed E-state index contributed by atoms with van der Waals surface area (Å²) < 4.78 is 27.0. The van der Waals surface area contributed by atoms with E-state index in [0.29, 0.717) is 16.8 Å². The van der Waals surface area contributed by atoms with Crippen LogP contribution in [0.15, 0.2) is 11.0 Å². The van der Waals surface area contributed by atoms with Crippen LogP contribution in [0, 0.1) is 5.92 Å². The van der Waals surface area contributed by atoms with Gasteiger partial charge in [-0.05, 0) is 24.8 Å². The normalized spacial score (nSPS) is 18.3. The molecule has 17 heavy (non-hydrogen) atoms. The van der Waals surface area contributed by atoms with E-state index in [1.54, 1.807) is 0 Å². The van der Waals surface area contributed by atoms with Gasteiger partial charge < -0.3 is 0 Å². The van der Waals surface area contributed by atoms with Gasteiger partial charge in [0.05, 0.1) is 4.34 Å². The predicted octanol–water partition coefficient (Wildman–Crippen LogP) is 3.51. The van der Waals surface area contributed by atoms with E-state index in [1.165, 1.54) is 6.07 Å². The maximum Gasteiger partial charge on any atom is 0.242 e. The first kappa shape index (κ1) is 14.1. The average Bonchev–Trinajstić information content (AvgIpc) is 3.01. The van der Waals surface area contributed by atoms with Crippen molar-refractivity contribution < 1.29 is 8.42 Å². The number of alkyl halides is 1. The van der Waals surface area contributed by atoms with Crippen molar-refractivity contribution in [2.45, 2.75) is 22.6 Å². The van der Waals surface area contributed by atoms with Crippen LogP contribution in [0.3, 0.4) is 0 Å². The Morgan fingerprint density at radius 2 is 2.18 bits per heavy atom. The maximum absolute atomic E-state index is 11.9. The van der Waals surface area contributed by atoms with E-state index >= 15 is 0 Å². The van der Waals surface area contributed by atoms with Gasteiger partial charge >= 0.3 is 0 Å². The summed E-state index contributed by atoms with van der Waals surface area (Å²) in [6, 6.07) is 1.37. The number of hydrogen-bond acceptors (Lipinski definition) is 3. The minimum atomic E-state index is -3.56. The lowest BCUT2D eigenvalue weighted by atomic mass is 10.3. The first-order valence-corrected chi connectivity index (χ1v) is 8.96. The summed E-state index contributed by atoms with van der Waals surface area (Å²) in [5.41, 5.74) is 0. The van der Waals surface area contributed by atoms with Gasteiger partial charge in [-0.2, -0.15) is 0 Å². The number of hydrogen-bond donors (Lipinski definition) is 1. The second kappa shape index (κ2) is 5.35. The minimum absolute atomic E-state index is 0.0599. The van der Waals surface area contributed by atoms with Gasteiger partial charge in [-0.15, -0.1) is 11.3 Å². The molecule has 2 rings (SSSR count). The molecule has 1 aromatic rings. The Morgan fingerprint density at radius 3 is 2.65 bits per heavy atom. The third-order valence-electron chi connectivity index (χ3n) is 2.52. The monoisotopic (exact) mass is 377 g/mol. The molecule has 0 aromatic carbocycles. The first-order valence-electron chi connectivity index (χ1n) is 4.98. The van der Waals surface area contributed by atoms with E-state index in [4.69, 9.17) is 23.2 Å². The van der Waals surface area contributed by atoms with E-state index in [0.717, 1.165) is 24.2 Å². The molecule has 0 amide bonds. The molecule has 1 unspecified atom stereocenters. The Bertz CT molecular complexity index is 513. The molecule has 1 aliphatic rings. The van der Waals surface area contributed by atoms with Crippen LogP contribution >= 0.6 is 50.5 Å². The summed E-state index contributed by atoms with van der Waals surface area (Å²) in [5.74, 6) is 0.583. The van der Waals surface area contributed by atoms with E-state index in [-0.39, 0.29) is 14.1 Å². The SMILES string of the molecule is O=S(=O)(NCC(Br)C1CC1)c1cc(Cl)sc1Cl. The third-order valence-corrected chi connectivity index (χ3v) is 6.76. The van der Waals surface area contributed by atoms with Gasteiger partial charge in [0, 0.05) is 11.4 Å². The fourth-order valence-electron chi connectivity index (χ4n) is 1.40. The van der Waals surface area contributed by atoms with Gasteiger partial charge in [-0.3, -0.25) is 0 Å². The molecule has 1 atom stereocenters. The zero-order valence-corrected chi connectivity index (χ0v) is 13.4. The van der Waals surface area contributed by atoms with Crippen LogP contribution in [0.1, 0.15) is 12.8 Å². The summed E-state index contributed by atoms with van der Waals surface area (Å²) in [5, 5.41) is 0. The highest BCUT2D eigenvalue weighted by Crippen LogP contribution is 2.37. The standard InChI is InChI=1S/C9H10BrCl2NO2S2/c10-6(5-1-2-5)4-13-17(14,15)7-3-8(11)16-9(7)12/h3,5-6,13H,1-2,4H2. The second-order valence-electron chi connectivity index (χ2n) is 3.89. The zero-order valence-electron chi connectivity index (χ0n) is 8.62. The highest BCUT2D eigenvalue weighted by molar-refractivity contribution is 9.09. The number of sulfonamides is 1. The summed E-state index contributed by atoms with van der Waals surface area (Å²) in [4.78, 5) is 0.245. The molecular weight excluding hydrogens is 369 g/mol. The Hall–Kier alpha value is 0.670. The Kier molecular flexibility index (Phi) is 4.43. The summed E-state index contributed by atoms with van der Waals surface area (Å²) >= 11 is 16.1. The largest absolute Gasteiger partial charge is 0.242 e. The van der Waals surface area contributed by atoms with Gasteiger partial charge in [0.1, 0.15) is 9.23 Å². The van der Waals surface area contributed by atoms with Crippen LogP contribution in [0.2, 0.25) is 8.67 Å². The summed E-state index contributed by atoms with van der Waals surface area (Å²) in [7, 11) is -3.56. The van der Waals surface area contributed by atoms with Crippen molar-refractivity contribution in [3.63, 3.8) is 0 Å². The van der Waals surface area contributed by atoms with Crippen molar-refractivity contribution in [2.24, 2.45) is 5.92 Å². The van der Waals surface area contributed by atoms with Crippen molar-refractivity contribution in [2.75, 3.05) is 6.54 Å². The molecule has 3 nitrogen and oxygen atoms in total. The van der Waals surface area contributed by atoms with Crippen LogP contribution in [-0.2, 0) is 10.0 Å². The van der Waals surface area contributed by atoms with Crippen LogP contribution in [0.25, 0.3) is 0 Å². The predicted molar refractivity (Wildman–Crippen MR) is 75.0 cm³/mol. The van der Waals surface area contributed by atoms with Gasteiger partial charge in [-0.25, -0.2) is 13.1 Å². The summed E-state index contributed by atoms with van der Waals surface area (Å²) in [6.07, 6.45) is 2.31. The molecule has 1 saturated carbocycles. The fraction of sp³-hybridized carbons (Fsp3) is 0.556. The van der Waals surface area contributed by atoms with Gasteiger partial charge in [-0.1, -0.05) is 39.1 Å². The number of nitrogens with one attached hydrogen (secondary N) is 1. The Balaban J connectivity index is 2.05. The first-order chi connectivity index (χ1) is 7.90. The molecule has 0 spiro atoms. The maximum atomic E-state index is 11.9. The third kappa shape index (κ3) is 3.58. The smallest absolute Gasteiger partial charge is 0.210 e. The highest BCUT2D eigenvalue weighted by Gasteiger charge is 2.30. The van der Waals surface area contributed by atoms with Gasteiger partial charge in [0.25, 0.3) is 0 Å². The second-order valence-corrected chi connectivity index (χ2v) is 9.09. The molecule has 1 aromatic heterocycles. The molecule has 96 valence electrons. The van der Waals surface area contributed by atoms with Gasteiger partial charge in [0.2, 0.25) is 10.0 Å². The van der Waals surface area contributed by atoms with Crippen LogP contribution < -0.4 is 4.72 Å².